The molecule has 0 amide bonds. The van der Waals surface area contributed by atoms with Crippen LogP contribution in [0, 0.1) is 0 Å². The summed E-state index contributed by atoms with van der Waals surface area (Å²) in [4.78, 5) is 0. The Kier molecular flexibility index (Phi) is 6.36. The Balaban J connectivity index is 2.11. The van der Waals surface area contributed by atoms with Crippen molar-refractivity contribution in [2.24, 2.45) is 0 Å². The summed E-state index contributed by atoms with van der Waals surface area (Å²) in [6, 6.07) is 11.8. The molecule has 0 bridgehead atoms. The molecule has 1 rings (SSSR count). The molecule has 83 valence electrons. The van der Waals surface area contributed by atoms with E-state index in [4.69, 9.17) is 4.43 Å². The summed E-state index contributed by atoms with van der Waals surface area (Å²) in [7, 11) is -0.522. The van der Waals surface area contributed by atoms with Crippen molar-refractivity contribution < 1.29 is 4.43 Å². The van der Waals surface area contributed by atoms with E-state index in [0.717, 1.165) is 13.0 Å². The van der Waals surface area contributed by atoms with Crippen molar-refractivity contribution in [3.63, 3.8) is 0 Å². The molecular weight excluding hydrogens is 200 g/mol. The normalized spacial score (nSPS) is 10.9. The van der Waals surface area contributed by atoms with E-state index < -0.39 is 9.04 Å². The van der Waals surface area contributed by atoms with E-state index >= 15 is 0 Å². The van der Waals surface area contributed by atoms with Crippen LogP contribution >= 0.6 is 0 Å². The molecule has 0 N–H and O–H groups in total. The fraction of sp³-hybridized carbons (Fsp3) is 0.538. The Morgan fingerprint density at radius 3 is 2.60 bits per heavy atom. The summed E-state index contributed by atoms with van der Waals surface area (Å²) in [5.41, 5.74) is 1.38. The van der Waals surface area contributed by atoms with E-state index in [0.29, 0.717) is 0 Å². The Labute approximate surface area is 95.2 Å². The van der Waals surface area contributed by atoms with Gasteiger partial charge in [0.2, 0.25) is 9.04 Å². The highest BCUT2D eigenvalue weighted by atomic mass is 28.3. The Bertz CT molecular complexity index is 248. The lowest BCUT2D eigenvalue weighted by molar-refractivity contribution is 0.325. The summed E-state index contributed by atoms with van der Waals surface area (Å²) >= 11 is 0. The lowest BCUT2D eigenvalue weighted by atomic mass is 10.2. The van der Waals surface area contributed by atoms with Gasteiger partial charge >= 0.3 is 0 Å². The molecule has 1 nitrogen and oxygen atoms in total. The Morgan fingerprint density at radius 1 is 1.20 bits per heavy atom. The summed E-state index contributed by atoms with van der Waals surface area (Å²) in [6.07, 6.45) is 3.65. The van der Waals surface area contributed by atoms with E-state index in [9.17, 15) is 0 Å². The van der Waals surface area contributed by atoms with Crippen LogP contribution in [0.4, 0.5) is 0 Å². The second-order valence-corrected chi connectivity index (χ2v) is 6.08. The van der Waals surface area contributed by atoms with Gasteiger partial charge in [-0.1, -0.05) is 50.1 Å². The van der Waals surface area contributed by atoms with Gasteiger partial charge in [0.25, 0.3) is 0 Å². The zero-order valence-electron chi connectivity index (χ0n) is 9.83. The summed E-state index contributed by atoms with van der Waals surface area (Å²) in [6.45, 7) is 5.39. The molecule has 0 atom stereocenters. The molecular formula is C13H21OSi. The van der Waals surface area contributed by atoms with Gasteiger partial charge in [-0.25, -0.2) is 0 Å². The molecule has 0 aliphatic rings. The Hall–Kier alpha value is -0.603. The molecule has 2 heteroatoms. The van der Waals surface area contributed by atoms with E-state index in [1.807, 2.05) is 0 Å². The van der Waals surface area contributed by atoms with Gasteiger partial charge in [0.05, 0.1) is 0 Å². The lowest BCUT2D eigenvalue weighted by Crippen LogP contribution is -2.14. The topological polar surface area (TPSA) is 9.23 Å². The van der Waals surface area contributed by atoms with Crippen LogP contribution in [-0.4, -0.2) is 15.6 Å². The highest BCUT2D eigenvalue weighted by Crippen LogP contribution is 2.04. The second-order valence-electron chi connectivity index (χ2n) is 3.89. The monoisotopic (exact) mass is 221 g/mol. The van der Waals surface area contributed by atoms with Gasteiger partial charge in [-0.15, -0.1) is 0 Å². The number of hydrogen-bond donors (Lipinski definition) is 0. The second kappa shape index (κ2) is 7.66. The minimum atomic E-state index is -0.522. The van der Waals surface area contributed by atoms with Gasteiger partial charge in [-0.2, -0.15) is 0 Å². The van der Waals surface area contributed by atoms with Crippen LogP contribution in [0.1, 0.15) is 25.3 Å². The minimum absolute atomic E-state index is 0.522. The fourth-order valence-corrected chi connectivity index (χ4v) is 2.93. The van der Waals surface area contributed by atoms with E-state index in [-0.39, 0.29) is 0 Å². The van der Waals surface area contributed by atoms with Crippen LogP contribution in [0.25, 0.3) is 0 Å². The molecule has 0 fully saturated rings. The minimum Gasteiger partial charge on any atom is -0.417 e. The van der Waals surface area contributed by atoms with Crippen LogP contribution in [0.2, 0.25) is 12.6 Å². The quantitative estimate of drug-likeness (QED) is 0.638. The standard InChI is InChI=1S/C13H21OSi/c1-3-4-12-15(2)14-11-10-13-8-6-5-7-9-13/h5-9H,3-4,10-12H2,1-2H3. The third-order valence-corrected chi connectivity index (χ3v) is 4.22. The van der Waals surface area contributed by atoms with Gasteiger partial charge < -0.3 is 4.43 Å². The predicted molar refractivity (Wildman–Crippen MR) is 67.4 cm³/mol. The molecule has 0 aliphatic carbocycles. The maximum Gasteiger partial charge on any atom is 0.208 e. The third-order valence-electron chi connectivity index (χ3n) is 2.46. The van der Waals surface area contributed by atoms with Crippen molar-refractivity contribution in [3.8, 4) is 0 Å². The molecule has 0 saturated carbocycles. The predicted octanol–water partition coefficient (Wildman–Crippen LogP) is 3.67. The largest absolute Gasteiger partial charge is 0.417 e. The van der Waals surface area contributed by atoms with E-state index in [2.05, 4.69) is 43.8 Å². The number of hydrogen-bond acceptors (Lipinski definition) is 1. The maximum absolute atomic E-state index is 5.85. The summed E-state index contributed by atoms with van der Waals surface area (Å²) in [5.74, 6) is 0. The van der Waals surface area contributed by atoms with Crippen molar-refractivity contribution >= 4 is 9.04 Å². The molecule has 1 radical (unpaired) electrons. The SMILES string of the molecule is CCCC[Si](C)OCCc1ccccc1. The first-order valence-corrected chi connectivity index (χ1v) is 7.93. The van der Waals surface area contributed by atoms with E-state index in [1.165, 1.54) is 24.4 Å². The number of unbranched alkanes of at least 4 members (excludes halogenated alkanes) is 1. The van der Waals surface area contributed by atoms with Gasteiger partial charge in [-0.05, 0) is 24.6 Å². The molecule has 1 aromatic rings. The average molecular weight is 221 g/mol. The first-order chi connectivity index (χ1) is 7.33. The van der Waals surface area contributed by atoms with Crippen molar-refractivity contribution in [1.29, 1.82) is 0 Å². The lowest BCUT2D eigenvalue weighted by Gasteiger charge is -2.10. The fourth-order valence-electron chi connectivity index (χ4n) is 1.49. The molecule has 0 spiro atoms. The van der Waals surface area contributed by atoms with Crippen molar-refractivity contribution in [1.82, 2.24) is 0 Å². The summed E-state index contributed by atoms with van der Waals surface area (Å²) in [5, 5.41) is 0. The molecule has 0 aliphatic heterocycles. The molecule has 1 aromatic carbocycles. The smallest absolute Gasteiger partial charge is 0.208 e. The molecule has 0 saturated heterocycles. The van der Waals surface area contributed by atoms with Crippen molar-refractivity contribution in [2.75, 3.05) is 6.61 Å². The first-order valence-electron chi connectivity index (χ1n) is 5.82. The van der Waals surface area contributed by atoms with Gasteiger partial charge in [0.1, 0.15) is 0 Å². The van der Waals surface area contributed by atoms with Gasteiger partial charge in [0, 0.05) is 6.61 Å². The zero-order valence-corrected chi connectivity index (χ0v) is 10.8. The van der Waals surface area contributed by atoms with Crippen molar-refractivity contribution in [2.45, 2.75) is 38.8 Å². The van der Waals surface area contributed by atoms with Crippen LogP contribution in [0.15, 0.2) is 30.3 Å². The third kappa shape index (κ3) is 5.75. The maximum atomic E-state index is 5.85. The van der Waals surface area contributed by atoms with E-state index in [1.54, 1.807) is 0 Å². The zero-order chi connectivity index (χ0) is 10.9. The van der Waals surface area contributed by atoms with Crippen LogP contribution in [0.3, 0.4) is 0 Å². The Morgan fingerprint density at radius 2 is 1.93 bits per heavy atom. The number of benzene rings is 1. The molecule has 0 aromatic heterocycles. The highest BCUT2D eigenvalue weighted by molar-refractivity contribution is 6.50. The molecule has 0 heterocycles. The summed E-state index contributed by atoms with van der Waals surface area (Å²) < 4.78 is 5.85. The van der Waals surface area contributed by atoms with Crippen molar-refractivity contribution in [3.05, 3.63) is 35.9 Å². The van der Waals surface area contributed by atoms with Crippen LogP contribution in [0.5, 0.6) is 0 Å². The highest BCUT2D eigenvalue weighted by Gasteiger charge is 2.04. The first kappa shape index (κ1) is 12.5. The van der Waals surface area contributed by atoms with Gasteiger partial charge in [-0.3, -0.25) is 0 Å². The van der Waals surface area contributed by atoms with Gasteiger partial charge in [0.15, 0.2) is 0 Å². The number of rotatable bonds is 7. The average Bonchev–Trinajstić information content (AvgIpc) is 2.28. The van der Waals surface area contributed by atoms with Crippen LogP contribution < -0.4 is 0 Å². The molecule has 15 heavy (non-hydrogen) atoms. The molecule has 0 unspecified atom stereocenters. The van der Waals surface area contributed by atoms with Crippen LogP contribution in [-0.2, 0) is 10.8 Å².